The normalized spacial score (nSPS) is 12.0. The minimum atomic E-state index is -0.458. The number of hydrogen-bond acceptors (Lipinski definition) is 7. The van der Waals surface area contributed by atoms with Crippen LogP contribution in [-0.4, -0.2) is 32.1 Å². The zero-order chi connectivity index (χ0) is 20.1. The molecule has 2 aromatic carbocycles. The lowest BCUT2D eigenvalue weighted by molar-refractivity contribution is -0.0353. The Morgan fingerprint density at radius 3 is 2.48 bits per heavy atom. The van der Waals surface area contributed by atoms with Crippen LogP contribution in [0.5, 0.6) is 0 Å². The minimum absolute atomic E-state index is 0.0709. The second-order valence-electron chi connectivity index (χ2n) is 6.31. The van der Waals surface area contributed by atoms with Crippen LogP contribution in [0.1, 0.15) is 22.0 Å². The molecule has 0 bridgehead atoms. The van der Waals surface area contributed by atoms with Gasteiger partial charge in [-0.2, -0.15) is 0 Å². The van der Waals surface area contributed by atoms with Gasteiger partial charge in [-0.3, -0.25) is 4.57 Å². The Labute approximate surface area is 166 Å². The lowest BCUT2D eigenvalue weighted by Gasteiger charge is -2.19. The van der Waals surface area contributed by atoms with E-state index in [1.807, 2.05) is 36.4 Å². The molecule has 0 saturated carbocycles. The number of carbonyl (C=O) groups is 1. The molecule has 4 aromatic rings. The number of imidazole rings is 1. The maximum Gasteiger partial charge on any atom is 0.338 e. The van der Waals surface area contributed by atoms with Crippen LogP contribution in [-0.2, 0) is 16.2 Å². The molecular formula is C21H19N5O3. The first-order valence-electron chi connectivity index (χ1n) is 9.02. The smallest absolute Gasteiger partial charge is 0.338 e. The van der Waals surface area contributed by atoms with Crippen LogP contribution in [0.15, 0.2) is 73.3 Å². The Kier molecular flexibility index (Phi) is 5.44. The fraction of sp³-hybridized carbons (Fsp3) is 0.143. The Morgan fingerprint density at radius 2 is 1.72 bits per heavy atom. The third kappa shape index (κ3) is 4.22. The molecule has 2 aromatic heterocycles. The maximum absolute atomic E-state index is 12.3. The van der Waals surface area contributed by atoms with E-state index >= 15 is 0 Å². The van der Waals surface area contributed by atoms with E-state index in [1.54, 1.807) is 35.2 Å². The summed E-state index contributed by atoms with van der Waals surface area (Å²) >= 11 is 0. The highest BCUT2D eigenvalue weighted by atomic mass is 16.6. The Morgan fingerprint density at radius 1 is 1.00 bits per heavy atom. The summed E-state index contributed by atoms with van der Waals surface area (Å²) in [6.45, 7) is 0.233. The predicted octanol–water partition coefficient (Wildman–Crippen LogP) is 2.98. The summed E-state index contributed by atoms with van der Waals surface area (Å²) in [5, 5.41) is 0. The number of rotatable bonds is 7. The number of carbonyl (C=O) groups excluding carboxylic acids is 1. The molecule has 0 unspecified atom stereocenters. The van der Waals surface area contributed by atoms with Gasteiger partial charge in [-0.25, -0.2) is 19.7 Å². The molecule has 0 spiro atoms. The van der Waals surface area contributed by atoms with Crippen molar-refractivity contribution >= 4 is 23.0 Å². The molecule has 8 nitrogen and oxygen atoms in total. The van der Waals surface area contributed by atoms with Crippen molar-refractivity contribution in [1.29, 1.82) is 0 Å². The first-order valence-corrected chi connectivity index (χ1v) is 9.02. The third-order valence-electron chi connectivity index (χ3n) is 4.39. The Bertz CT molecular complexity index is 1100. The summed E-state index contributed by atoms with van der Waals surface area (Å²) in [4.78, 5) is 24.7. The number of aromatic nitrogens is 4. The van der Waals surface area contributed by atoms with Crippen LogP contribution < -0.4 is 5.73 Å². The van der Waals surface area contributed by atoms with Crippen LogP contribution in [0.25, 0.3) is 11.2 Å². The molecule has 8 heteroatoms. The van der Waals surface area contributed by atoms with Crippen LogP contribution in [0.4, 0.5) is 5.82 Å². The summed E-state index contributed by atoms with van der Waals surface area (Å²) in [7, 11) is 0. The SMILES string of the molecule is Nc1ncnc2c1ncn2CO[C@@H](COC(=O)c1ccccc1)c1ccccc1. The molecule has 2 N–H and O–H groups in total. The van der Waals surface area contributed by atoms with E-state index in [9.17, 15) is 4.79 Å². The van der Waals surface area contributed by atoms with Gasteiger partial charge in [0.25, 0.3) is 0 Å². The molecule has 29 heavy (non-hydrogen) atoms. The second-order valence-corrected chi connectivity index (χ2v) is 6.31. The van der Waals surface area contributed by atoms with E-state index in [-0.39, 0.29) is 13.3 Å². The molecule has 0 saturated heterocycles. The molecule has 2 heterocycles. The van der Waals surface area contributed by atoms with Crippen molar-refractivity contribution in [2.75, 3.05) is 12.3 Å². The number of esters is 1. The van der Waals surface area contributed by atoms with Crippen molar-refractivity contribution in [3.8, 4) is 0 Å². The van der Waals surface area contributed by atoms with Gasteiger partial charge < -0.3 is 15.2 Å². The van der Waals surface area contributed by atoms with Gasteiger partial charge in [0, 0.05) is 0 Å². The van der Waals surface area contributed by atoms with Gasteiger partial charge in [-0.15, -0.1) is 0 Å². The summed E-state index contributed by atoms with van der Waals surface area (Å²) < 4.78 is 13.3. The van der Waals surface area contributed by atoms with Crippen LogP contribution in [0.3, 0.4) is 0 Å². The molecule has 0 aliphatic carbocycles. The standard InChI is InChI=1S/C21H19N5O3/c22-19-18-20(24-12-23-19)26(13-25-18)14-29-17(15-7-3-1-4-8-15)11-28-21(27)16-9-5-2-6-10-16/h1-10,12-13,17H,11,14H2,(H2,22,23,24)/t17-/m0/s1. The van der Waals surface area contributed by atoms with Crippen LogP contribution in [0, 0.1) is 0 Å². The quantitative estimate of drug-likeness (QED) is 0.484. The lowest BCUT2D eigenvalue weighted by Crippen LogP contribution is -2.17. The molecule has 0 amide bonds. The zero-order valence-electron chi connectivity index (χ0n) is 15.5. The fourth-order valence-electron chi connectivity index (χ4n) is 2.88. The van der Waals surface area contributed by atoms with Crippen molar-refractivity contribution in [3.05, 3.63) is 84.4 Å². The minimum Gasteiger partial charge on any atom is -0.459 e. The maximum atomic E-state index is 12.3. The van der Waals surface area contributed by atoms with Crippen molar-refractivity contribution in [1.82, 2.24) is 19.5 Å². The van der Waals surface area contributed by atoms with Crippen molar-refractivity contribution in [2.24, 2.45) is 0 Å². The van der Waals surface area contributed by atoms with E-state index in [4.69, 9.17) is 15.2 Å². The summed E-state index contributed by atoms with van der Waals surface area (Å²) in [5.74, 6) is -0.0890. The largest absolute Gasteiger partial charge is 0.459 e. The number of hydrogen-bond donors (Lipinski definition) is 1. The highest BCUT2D eigenvalue weighted by Crippen LogP contribution is 2.21. The average Bonchev–Trinajstić information content (AvgIpc) is 3.19. The fourth-order valence-corrected chi connectivity index (χ4v) is 2.88. The second kappa shape index (κ2) is 8.49. The monoisotopic (exact) mass is 389 g/mol. The van der Waals surface area contributed by atoms with Crippen molar-refractivity contribution in [3.63, 3.8) is 0 Å². The molecule has 0 fully saturated rings. The molecule has 146 valence electrons. The van der Waals surface area contributed by atoms with Crippen LogP contribution >= 0.6 is 0 Å². The Hall–Kier alpha value is -3.78. The first-order chi connectivity index (χ1) is 14.2. The van der Waals surface area contributed by atoms with Crippen molar-refractivity contribution < 1.29 is 14.3 Å². The van der Waals surface area contributed by atoms with Crippen LogP contribution in [0.2, 0.25) is 0 Å². The van der Waals surface area contributed by atoms with E-state index in [2.05, 4.69) is 15.0 Å². The van der Waals surface area contributed by atoms with Gasteiger partial charge in [-0.05, 0) is 17.7 Å². The van der Waals surface area contributed by atoms with Crippen molar-refractivity contribution in [2.45, 2.75) is 12.8 Å². The summed E-state index contributed by atoms with van der Waals surface area (Å²) in [6.07, 6.45) is 2.51. The van der Waals surface area contributed by atoms with E-state index in [0.29, 0.717) is 22.5 Å². The molecule has 0 aliphatic rings. The number of nitrogens with zero attached hydrogens (tertiary/aromatic N) is 4. The number of benzene rings is 2. The van der Waals surface area contributed by atoms with E-state index in [1.165, 1.54) is 6.33 Å². The average molecular weight is 389 g/mol. The molecule has 0 aliphatic heterocycles. The zero-order valence-corrected chi connectivity index (χ0v) is 15.5. The molecule has 4 rings (SSSR count). The van der Waals surface area contributed by atoms with Gasteiger partial charge >= 0.3 is 5.97 Å². The summed E-state index contributed by atoms with van der Waals surface area (Å²) in [5.41, 5.74) is 8.31. The van der Waals surface area contributed by atoms with Gasteiger partial charge in [0.05, 0.1) is 11.9 Å². The predicted molar refractivity (Wildman–Crippen MR) is 107 cm³/mol. The number of ether oxygens (including phenoxy) is 2. The third-order valence-corrected chi connectivity index (χ3v) is 4.39. The number of anilines is 1. The highest BCUT2D eigenvalue weighted by molar-refractivity contribution is 5.89. The van der Waals surface area contributed by atoms with E-state index < -0.39 is 12.1 Å². The number of nitrogens with two attached hydrogens (primary N) is 1. The van der Waals surface area contributed by atoms with Gasteiger partial charge in [0.1, 0.15) is 31.3 Å². The molecule has 1 atom stereocenters. The lowest BCUT2D eigenvalue weighted by atomic mass is 10.1. The number of nitrogen functional groups attached to an aromatic ring is 1. The Balaban J connectivity index is 1.49. The van der Waals surface area contributed by atoms with Gasteiger partial charge in [0.2, 0.25) is 0 Å². The summed E-state index contributed by atoms with van der Waals surface area (Å²) in [6, 6.07) is 18.4. The van der Waals surface area contributed by atoms with E-state index in [0.717, 1.165) is 5.56 Å². The van der Waals surface area contributed by atoms with Gasteiger partial charge in [0.15, 0.2) is 11.5 Å². The highest BCUT2D eigenvalue weighted by Gasteiger charge is 2.17. The number of fused-ring (bicyclic) bond motifs is 1. The topological polar surface area (TPSA) is 105 Å². The van der Waals surface area contributed by atoms with Gasteiger partial charge in [-0.1, -0.05) is 48.5 Å². The first kappa shape index (κ1) is 18.6. The molecular weight excluding hydrogens is 370 g/mol. The molecule has 0 radical (unpaired) electrons.